The van der Waals surface area contributed by atoms with Gasteiger partial charge in [-0.3, -0.25) is 9.59 Å². The van der Waals surface area contributed by atoms with Crippen LogP contribution in [0.3, 0.4) is 0 Å². The van der Waals surface area contributed by atoms with Gasteiger partial charge < -0.3 is 18.6 Å². The minimum absolute atomic E-state index is 0.0877. The van der Waals surface area contributed by atoms with Crippen LogP contribution in [0.15, 0.2) is 94.8 Å². The number of hydrogen-bond acceptors (Lipinski definition) is 4. The Morgan fingerprint density at radius 1 is 0.605 bits per heavy atom. The van der Waals surface area contributed by atoms with Crippen molar-refractivity contribution >= 4 is 0 Å². The maximum Gasteiger partial charge on any atom is 0.223 e. The zero-order chi connectivity index (χ0) is 26.5. The van der Waals surface area contributed by atoms with Crippen molar-refractivity contribution in [2.24, 2.45) is 0 Å². The molecule has 0 spiro atoms. The van der Waals surface area contributed by atoms with Crippen molar-refractivity contribution in [2.45, 2.75) is 64.8 Å². The molecule has 0 saturated heterocycles. The highest BCUT2D eigenvalue weighted by molar-refractivity contribution is 5.30. The summed E-state index contributed by atoms with van der Waals surface area (Å²) in [4.78, 5) is 25.2. The van der Waals surface area contributed by atoms with Crippen LogP contribution in [0.1, 0.15) is 60.3 Å². The summed E-state index contributed by atoms with van der Waals surface area (Å²) in [5.74, 6) is 0.852. The van der Waals surface area contributed by atoms with E-state index < -0.39 is 0 Å². The van der Waals surface area contributed by atoms with E-state index in [1.165, 1.54) is 0 Å². The van der Waals surface area contributed by atoms with Gasteiger partial charge in [0.1, 0.15) is 13.2 Å². The minimum Gasteiger partial charge on any atom is -0.483 e. The van der Waals surface area contributed by atoms with Crippen LogP contribution in [0.25, 0.3) is 0 Å². The highest BCUT2D eigenvalue weighted by Crippen LogP contribution is 2.37. The maximum absolute atomic E-state index is 12.6. The van der Waals surface area contributed by atoms with Crippen LogP contribution in [-0.2, 0) is 13.2 Å². The summed E-state index contributed by atoms with van der Waals surface area (Å²) < 4.78 is 16.4. The molecule has 0 unspecified atom stereocenters. The summed E-state index contributed by atoms with van der Waals surface area (Å²) in [6, 6.07) is 23.6. The third kappa shape index (κ3) is 5.59. The highest BCUT2D eigenvalue weighted by atomic mass is 16.5. The third-order valence-corrected chi connectivity index (χ3v) is 7.56. The van der Waals surface area contributed by atoms with E-state index in [4.69, 9.17) is 9.47 Å². The molecule has 0 aliphatic heterocycles. The largest absolute Gasteiger partial charge is 0.483 e. The van der Waals surface area contributed by atoms with Gasteiger partial charge in [-0.25, -0.2) is 0 Å². The lowest BCUT2D eigenvalue weighted by molar-refractivity contribution is 0.253. The Bertz CT molecular complexity index is 1370. The molecule has 1 saturated carbocycles. The van der Waals surface area contributed by atoms with E-state index in [9.17, 15) is 9.59 Å². The number of aromatic nitrogens is 2. The van der Waals surface area contributed by atoms with Crippen molar-refractivity contribution in [3.63, 3.8) is 0 Å². The highest BCUT2D eigenvalue weighted by Gasteiger charge is 2.26. The van der Waals surface area contributed by atoms with Gasteiger partial charge >= 0.3 is 0 Å². The lowest BCUT2D eigenvalue weighted by atomic mass is 9.90. The molecule has 1 aliphatic carbocycles. The summed E-state index contributed by atoms with van der Waals surface area (Å²) in [5, 5.41) is 0. The quantitative estimate of drug-likeness (QED) is 0.286. The number of hydrogen-bond donors (Lipinski definition) is 0. The molecule has 38 heavy (non-hydrogen) atoms. The van der Waals surface area contributed by atoms with E-state index in [1.807, 2.05) is 86.9 Å². The molecule has 2 heterocycles. The van der Waals surface area contributed by atoms with Crippen molar-refractivity contribution in [1.82, 2.24) is 9.13 Å². The third-order valence-electron chi connectivity index (χ3n) is 7.56. The van der Waals surface area contributed by atoms with Crippen molar-refractivity contribution in [3.05, 3.63) is 128 Å². The van der Waals surface area contributed by atoms with Crippen LogP contribution in [0, 0.1) is 13.8 Å². The molecule has 1 fully saturated rings. The Morgan fingerprint density at radius 3 is 1.34 bits per heavy atom. The monoisotopic (exact) mass is 510 g/mol. The van der Waals surface area contributed by atoms with Gasteiger partial charge in [0.15, 0.2) is 11.5 Å². The van der Waals surface area contributed by atoms with Crippen molar-refractivity contribution in [2.75, 3.05) is 0 Å². The van der Waals surface area contributed by atoms with Crippen molar-refractivity contribution in [3.8, 4) is 11.5 Å². The molecule has 6 heteroatoms. The van der Waals surface area contributed by atoms with Crippen LogP contribution in [0.2, 0.25) is 0 Å². The molecule has 0 atom stereocenters. The normalized spacial score (nSPS) is 17.2. The minimum atomic E-state index is -0.0877. The van der Waals surface area contributed by atoms with Gasteiger partial charge in [-0.1, -0.05) is 60.7 Å². The predicted molar refractivity (Wildman–Crippen MR) is 149 cm³/mol. The van der Waals surface area contributed by atoms with Crippen LogP contribution in [-0.4, -0.2) is 9.13 Å². The molecule has 6 nitrogen and oxygen atoms in total. The van der Waals surface area contributed by atoms with Crippen LogP contribution < -0.4 is 20.3 Å². The van der Waals surface area contributed by atoms with Gasteiger partial charge in [0.25, 0.3) is 0 Å². The SMILES string of the molecule is Cc1c(OCc2ccccc2)c(=O)ccn1C1CCC(n2ccc(=O)c(OCc3ccccc3)c2C)CC1. The first-order valence-electron chi connectivity index (χ1n) is 13.3. The van der Waals surface area contributed by atoms with Crippen molar-refractivity contribution in [1.29, 1.82) is 0 Å². The van der Waals surface area contributed by atoms with E-state index in [-0.39, 0.29) is 10.9 Å². The molecule has 0 N–H and O–H groups in total. The summed E-state index contributed by atoms with van der Waals surface area (Å²) >= 11 is 0. The van der Waals surface area contributed by atoms with Gasteiger partial charge in [0, 0.05) is 36.6 Å². The zero-order valence-electron chi connectivity index (χ0n) is 22.0. The fourth-order valence-electron chi connectivity index (χ4n) is 5.48. The van der Waals surface area contributed by atoms with Crippen LogP contribution in [0.5, 0.6) is 11.5 Å². The smallest absolute Gasteiger partial charge is 0.223 e. The average Bonchev–Trinajstić information content (AvgIpc) is 2.94. The molecular formula is C32H34N2O4. The number of pyridine rings is 2. The first kappa shape index (κ1) is 25.6. The lowest BCUT2D eigenvalue weighted by Crippen LogP contribution is -2.25. The first-order chi connectivity index (χ1) is 18.5. The Morgan fingerprint density at radius 2 is 0.974 bits per heavy atom. The number of rotatable bonds is 8. The second kappa shape index (κ2) is 11.5. The van der Waals surface area contributed by atoms with E-state index in [0.717, 1.165) is 48.2 Å². The number of nitrogens with zero attached hydrogens (tertiary/aromatic N) is 2. The summed E-state index contributed by atoms with van der Waals surface area (Å²) in [6.07, 6.45) is 7.68. The molecule has 2 aromatic carbocycles. The molecule has 1 aliphatic rings. The Kier molecular flexibility index (Phi) is 7.78. The van der Waals surface area contributed by atoms with E-state index >= 15 is 0 Å². The summed E-state index contributed by atoms with van der Waals surface area (Å²) in [7, 11) is 0. The fourth-order valence-corrected chi connectivity index (χ4v) is 5.48. The second-order valence-corrected chi connectivity index (χ2v) is 10.0. The molecular weight excluding hydrogens is 476 g/mol. The molecule has 2 aromatic heterocycles. The van der Waals surface area contributed by atoms with Gasteiger partial charge in [-0.2, -0.15) is 0 Å². The molecule has 4 aromatic rings. The maximum atomic E-state index is 12.6. The van der Waals surface area contributed by atoms with Gasteiger partial charge in [0.05, 0.1) is 11.4 Å². The summed E-state index contributed by atoms with van der Waals surface area (Å²) in [6.45, 7) is 4.67. The van der Waals surface area contributed by atoms with Gasteiger partial charge in [0.2, 0.25) is 10.9 Å². The first-order valence-corrected chi connectivity index (χ1v) is 13.3. The van der Waals surface area contributed by atoms with E-state index in [2.05, 4.69) is 9.13 Å². The number of benzene rings is 2. The molecule has 0 radical (unpaired) electrons. The number of ether oxygens (including phenoxy) is 2. The Labute approximate surface area is 223 Å². The predicted octanol–water partition coefficient (Wildman–Crippen LogP) is 6.14. The average molecular weight is 511 g/mol. The lowest BCUT2D eigenvalue weighted by Gasteiger charge is -2.34. The van der Waals surface area contributed by atoms with Crippen LogP contribution in [0.4, 0.5) is 0 Å². The topological polar surface area (TPSA) is 62.5 Å². The standard InChI is InChI=1S/C32H34N2O4/c1-23-31(37-21-25-9-5-3-6-10-25)29(35)17-19-33(23)27-13-15-28(16-14-27)34-20-18-30(36)32(24(34)2)38-22-26-11-7-4-8-12-26/h3-12,17-20,27-28H,13-16,21-22H2,1-2H3. The fraction of sp³-hybridized carbons (Fsp3) is 0.312. The van der Waals surface area contributed by atoms with Crippen LogP contribution >= 0.6 is 0 Å². The van der Waals surface area contributed by atoms with E-state index in [1.54, 1.807) is 12.1 Å². The van der Waals surface area contributed by atoms with Gasteiger partial charge in [-0.15, -0.1) is 0 Å². The second-order valence-electron chi connectivity index (χ2n) is 10.0. The van der Waals surface area contributed by atoms with E-state index in [0.29, 0.717) is 36.8 Å². The molecule has 0 amide bonds. The molecule has 5 rings (SSSR count). The molecule has 0 bridgehead atoms. The Hall–Kier alpha value is -4.06. The molecule has 196 valence electrons. The summed E-state index contributed by atoms with van der Waals surface area (Å²) in [5.41, 5.74) is 3.63. The van der Waals surface area contributed by atoms with Gasteiger partial charge in [-0.05, 0) is 50.7 Å². The Balaban J connectivity index is 1.27. The zero-order valence-corrected chi connectivity index (χ0v) is 22.0. The van der Waals surface area contributed by atoms with Crippen molar-refractivity contribution < 1.29 is 9.47 Å².